The SMILES string of the molecule is CCOc1ccc(C(=O)N2CCC(NC(=O)CC#N)CC2)cc1. The van der Waals surface area contributed by atoms with Crippen LogP contribution in [0.4, 0.5) is 0 Å². The number of amides is 2. The second-order valence-electron chi connectivity index (χ2n) is 5.43. The van der Waals surface area contributed by atoms with E-state index in [2.05, 4.69) is 5.32 Å². The molecule has 6 heteroatoms. The number of nitrogens with one attached hydrogen (secondary N) is 1. The fourth-order valence-electron chi connectivity index (χ4n) is 2.62. The summed E-state index contributed by atoms with van der Waals surface area (Å²) in [5, 5.41) is 11.3. The molecular weight excluding hydrogens is 294 g/mol. The quantitative estimate of drug-likeness (QED) is 0.897. The highest BCUT2D eigenvalue weighted by molar-refractivity contribution is 5.94. The smallest absolute Gasteiger partial charge is 0.253 e. The van der Waals surface area contributed by atoms with Gasteiger partial charge in [-0.05, 0) is 44.0 Å². The third-order valence-electron chi connectivity index (χ3n) is 3.80. The van der Waals surface area contributed by atoms with Crippen LogP contribution in [0, 0.1) is 11.3 Å². The second-order valence-corrected chi connectivity index (χ2v) is 5.43. The van der Waals surface area contributed by atoms with Crippen molar-refractivity contribution < 1.29 is 14.3 Å². The molecule has 0 bridgehead atoms. The number of carbonyl (C=O) groups excluding carboxylic acids is 2. The Hall–Kier alpha value is -2.55. The molecule has 23 heavy (non-hydrogen) atoms. The molecule has 2 rings (SSSR count). The van der Waals surface area contributed by atoms with Gasteiger partial charge in [0.05, 0.1) is 12.7 Å². The molecule has 0 aromatic heterocycles. The van der Waals surface area contributed by atoms with Crippen molar-refractivity contribution in [1.82, 2.24) is 10.2 Å². The van der Waals surface area contributed by atoms with Crippen molar-refractivity contribution in [2.24, 2.45) is 0 Å². The zero-order chi connectivity index (χ0) is 16.7. The molecule has 0 aliphatic carbocycles. The van der Waals surface area contributed by atoms with Gasteiger partial charge in [-0.2, -0.15) is 5.26 Å². The van der Waals surface area contributed by atoms with Crippen LogP contribution in [0.5, 0.6) is 5.75 Å². The Morgan fingerprint density at radius 1 is 1.30 bits per heavy atom. The minimum atomic E-state index is -0.246. The van der Waals surface area contributed by atoms with E-state index in [1.54, 1.807) is 29.2 Å². The van der Waals surface area contributed by atoms with Gasteiger partial charge in [-0.1, -0.05) is 0 Å². The highest BCUT2D eigenvalue weighted by Gasteiger charge is 2.24. The van der Waals surface area contributed by atoms with Crippen LogP contribution < -0.4 is 10.1 Å². The summed E-state index contributed by atoms with van der Waals surface area (Å²) in [5.41, 5.74) is 0.639. The summed E-state index contributed by atoms with van der Waals surface area (Å²) in [6.07, 6.45) is 1.30. The standard InChI is InChI=1S/C17H21N3O3/c1-2-23-15-5-3-13(4-6-15)17(22)20-11-8-14(9-12-20)19-16(21)7-10-18/h3-6,14H,2,7-9,11-12H2,1H3,(H,19,21). The molecule has 1 aliphatic heterocycles. The summed E-state index contributed by atoms with van der Waals surface area (Å²) in [4.78, 5) is 25.7. The van der Waals surface area contributed by atoms with E-state index in [-0.39, 0.29) is 24.3 Å². The number of ether oxygens (including phenoxy) is 1. The van der Waals surface area contributed by atoms with Crippen LogP contribution in [0.2, 0.25) is 0 Å². The van der Waals surface area contributed by atoms with Gasteiger partial charge in [0.25, 0.3) is 5.91 Å². The zero-order valence-corrected chi connectivity index (χ0v) is 13.2. The van der Waals surface area contributed by atoms with Gasteiger partial charge >= 0.3 is 0 Å². The summed E-state index contributed by atoms with van der Waals surface area (Å²) < 4.78 is 5.37. The van der Waals surface area contributed by atoms with Crippen LogP contribution in [0.15, 0.2) is 24.3 Å². The van der Waals surface area contributed by atoms with Crippen LogP contribution in [0.1, 0.15) is 36.5 Å². The van der Waals surface area contributed by atoms with Crippen molar-refractivity contribution in [3.63, 3.8) is 0 Å². The maximum atomic E-state index is 12.5. The predicted octanol–water partition coefficient (Wildman–Crippen LogP) is 1.72. The first-order chi connectivity index (χ1) is 11.1. The number of likely N-dealkylation sites (tertiary alicyclic amines) is 1. The molecule has 122 valence electrons. The number of hydrogen-bond donors (Lipinski definition) is 1. The zero-order valence-electron chi connectivity index (χ0n) is 13.2. The summed E-state index contributed by atoms with van der Waals surface area (Å²) in [7, 11) is 0. The molecule has 1 aliphatic rings. The highest BCUT2D eigenvalue weighted by atomic mass is 16.5. The van der Waals surface area contributed by atoms with E-state index < -0.39 is 0 Å². The van der Waals surface area contributed by atoms with E-state index in [0.29, 0.717) is 38.1 Å². The van der Waals surface area contributed by atoms with Gasteiger partial charge < -0.3 is 15.0 Å². The van der Waals surface area contributed by atoms with E-state index in [1.807, 2.05) is 13.0 Å². The molecule has 0 saturated carbocycles. The van der Waals surface area contributed by atoms with E-state index >= 15 is 0 Å². The van der Waals surface area contributed by atoms with Gasteiger partial charge in [0.15, 0.2) is 0 Å². The number of rotatable bonds is 5. The Balaban J connectivity index is 1.86. The van der Waals surface area contributed by atoms with E-state index in [4.69, 9.17) is 10.00 Å². The number of carbonyl (C=O) groups is 2. The van der Waals surface area contributed by atoms with E-state index in [9.17, 15) is 9.59 Å². The molecule has 2 amide bonds. The van der Waals surface area contributed by atoms with Gasteiger partial charge in [-0.15, -0.1) is 0 Å². The van der Waals surface area contributed by atoms with Gasteiger partial charge in [-0.3, -0.25) is 9.59 Å². The van der Waals surface area contributed by atoms with Crippen molar-refractivity contribution >= 4 is 11.8 Å². The monoisotopic (exact) mass is 315 g/mol. The Kier molecular flexibility index (Phi) is 5.98. The average Bonchev–Trinajstić information content (AvgIpc) is 2.56. The van der Waals surface area contributed by atoms with Crippen molar-refractivity contribution in [1.29, 1.82) is 5.26 Å². The Bertz CT molecular complexity index is 584. The maximum Gasteiger partial charge on any atom is 0.253 e. The first-order valence-corrected chi connectivity index (χ1v) is 7.82. The Morgan fingerprint density at radius 2 is 1.96 bits per heavy atom. The van der Waals surface area contributed by atoms with Crippen molar-refractivity contribution in [3.8, 4) is 11.8 Å². The summed E-state index contributed by atoms with van der Waals surface area (Å²) in [6.45, 7) is 3.71. The molecule has 1 aromatic carbocycles. The molecule has 0 atom stereocenters. The first kappa shape index (κ1) is 16.8. The van der Waals surface area contributed by atoms with E-state index in [0.717, 1.165) is 5.75 Å². The van der Waals surface area contributed by atoms with Gasteiger partial charge in [0.2, 0.25) is 5.91 Å². The lowest BCUT2D eigenvalue weighted by Gasteiger charge is -2.32. The van der Waals surface area contributed by atoms with E-state index in [1.165, 1.54) is 0 Å². The minimum Gasteiger partial charge on any atom is -0.494 e. The maximum absolute atomic E-state index is 12.5. The Morgan fingerprint density at radius 3 is 2.52 bits per heavy atom. The normalized spacial score (nSPS) is 14.9. The average molecular weight is 315 g/mol. The molecule has 1 heterocycles. The van der Waals surface area contributed by atoms with Crippen molar-refractivity contribution in [2.45, 2.75) is 32.2 Å². The number of hydrogen-bond acceptors (Lipinski definition) is 4. The van der Waals surface area contributed by atoms with Crippen LogP contribution in [-0.4, -0.2) is 42.5 Å². The molecule has 1 saturated heterocycles. The second kappa shape index (κ2) is 8.18. The van der Waals surface area contributed by atoms with Gasteiger partial charge in [0.1, 0.15) is 12.2 Å². The van der Waals surface area contributed by atoms with Gasteiger partial charge in [-0.25, -0.2) is 0 Å². The Labute approximate surface area is 136 Å². The molecule has 6 nitrogen and oxygen atoms in total. The van der Waals surface area contributed by atoms with Gasteiger partial charge in [0, 0.05) is 24.7 Å². The molecule has 1 fully saturated rings. The largest absolute Gasteiger partial charge is 0.494 e. The third-order valence-corrected chi connectivity index (χ3v) is 3.80. The summed E-state index contributed by atoms with van der Waals surface area (Å²) in [6, 6.07) is 9.01. The third kappa shape index (κ3) is 4.71. The molecular formula is C17H21N3O3. The van der Waals surface area contributed by atoms with Crippen LogP contribution >= 0.6 is 0 Å². The topological polar surface area (TPSA) is 82.4 Å². The van der Waals surface area contributed by atoms with Crippen LogP contribution in [-0.2, 0) is 4.79 Å². The molecule has 0 spiro atoms. The first-order valence-electron chi connectivity index (χ1n) is 7.82. The molecule has 0 unspecified atom stereocenters. The number of benzene rings is 1. The number of nitriles is 1. The molecule has 1 aromatic rings. The lowest BCUT2D eigenvalue weighted by Crippen LogP contribution is -2.46. The van der Waals surface area contributed by atoms with Crippen LogP contribution in [0.25, 0.3) is 0 Å². The summed E-state index contributed by atoms with van der Waals surface area (Å²) in [5.74, 6) is 0.501. The summed E-state index contributed by atoms with van der Waals surface area (Å²) >= 11 is 0. The van der Waals surface area contributed by atoms with Crippen LogP contribution in [0.3, 0.4) is 0 Å². The fourth-order valence-corrected chi connectivity index (χ4v) is 2.62. The predicted molar refractivity (Wildman–Crippen MR) is 84.9 cm³/mol. The minimum absolute atomic E-state index is 0.00477. The van der Waals surface area contributed by atoms with Crippen molar-refractivity contribution in [3.05, 3.63) is 29.8 Å². The highest BCUT2D eigenvalue weighted by Crippen LogP contribution is 2.17. The lowest BCUT2D eigenvalue weighted by atomic mass is 10.0. The molecule has 0 radical (unpaired) electrons. The number of piperidine rings is 1. The lowest BCUT2D eigenvalue weighted by molar-refractivity contribution is -0.121. The van der Waals surface area contributed by atoms with Crippen molar-refractivity contribution in [2.75, 3.05) is 19.7 Å². The fraction of sp³-hybridized carbons (Fsp3) is 0.471. The number of nitrogens with zero attached hydrogens (tertiary/aromatic N) is 2. The molecule has 1 N–H and O–H groups in total.